The zero-order valence-corrected chi connectivity index (χ0v) is 11.7. The van der Waals surface area contributed by atoms with Crippen molar-refractivity contribution in [1.29, 1.82) is 0 Å². The van der Waals surface area contributed by atoms with Crippen LogP contribution in [-0.2, 0) is 4.74 Å². The van der Waals surface area contributed by atoms with Crippen LogP contribution in [0.25, 0.3) is 0 Å². The van der Waals surface area contributed by atoms with Gasteiger partial charge in [-0.05, 0) is 37.6 Å². The molecule has 1 N–H and O–H groups in total. The molecule has 19 heavy (non-hydrogen) atoms. The molecule has 0 aliphatic carbocycles. The van der Waals surface area contributed by atoms with Crippen molar-refractivity contribution in [2.45, 2.75) is 25.0 Å². The first kappa shape index (κ1) is 14.3. The summed E-state index contributed by atoms with van der Waals surface area (Å²) < 4.78 is 10.5. The van der Waals surface area contributed by atoms with Gasteiger partial charge in [0.1, 0.15) is 5.75 Å². The number of hydrogen-bond acceptors (Lipinski definition) is 4. The Hall–Kier alpha value is -1.10. The van der Waals surface area contributed by atoms with E-state index in [9.17, 15) is 5.11 Å². The van der Waals surface area contributed by atoms with Crippen LogP contribution in [0.4, 0.5) is 0 Å². The SMILES string of the molecule is COc1cccc(C(O)CN(C)C2CCOCC2)c1. The molecule has 4 heteroatoms. The Kier molecular flexibility index (Phi) is 5.19. The van der Waals surface area contributed by atoms with Crippen LogP contribution in [0.1, 0.15) is 24.5 Å². The van der Waals surface area contributed by atoms with Crippen molar-refractivity contribution in [3.63, 3.8) is 0 Å². The largest absolute Gasteiger partial charge is 0.497 e. The Balaban J connectivity index is 1.93. The van der Waals surface area contributed by atoms with Crippen molar-refractivity contribution in [1.82, 2.24) is 4.90 Å². The summed E-state index contributed by atoms with van der Waals surface area (Å²) in [4.78, 5) is 2.23. The maximum absolute atomic E-state index is 10.3. The fraction of sp³-hybridized carbons (Fsp3) is 0.600. The molecule has 1 aromatic carbocycles. The Bertz CT molecular complexity index is 391. The lowest BCUT2D eigenvalue weighted by Crippen LogP contribution is -2.38. The first-order valence-corrected chi connectivity index (χ1v) is 6.80. The lowest BCUT2D eigenvalue weighted by molar-refractivity contribution is 0.0252. The number of aliphatic hydroxyl groups excluding tert-OH is 1. The average Bonchev–Trinajstić information content (AvgIpc) is 2.48. The summed E-state index contributed by atoms with van der Waals surface area (Å²) in [6.45, 7) is 2.28. The first-order valence-electron chi connectivity index (χ1n) is 6.80. The zero-order chi connectivity index (χ0) is 13.7. The number of aliphatic hydroxyl groups is 1. The summed E-state index contributed by atoms with van der Waals surface area (Å²) in [6.07, 6.45) is 1.60. The van der Waals surface area contributed by atoms with E-state index in [0.717, 1.165) is 37.4 Å². The minimum Gasteiger partial charge on any atom is -0.497 e. The molecule has 0 aromatic heterocycles. The Labute approximate surface area is 114 Å². The molecule has 0 bridgehead atoms. The highest BCUT2D eigenvalue weighted by Crippen LogP contribution is 2.21. The molecule has 1 saturated heterocycles. The van der Waals surface area contributed by atoms with Gasteiger partial charge in [0.25, 0.3) is 0 Å². The van der Waals surface area contributed by atoms with Gasteiger partial charge < -0.3 is 19.5 Å². The molecular weight excluding hydrogens is 242 g/mol. The van der Waals surface area contributed by atoms with E-state index in [-0.39, 0.29) is 0 Å². The van der Waals surface area contributed by atoms with Crippen LogP contribution in [0.5, 0.6) is 5.75 Å². The lowest BCUT2D eigenvalue weighted by atomic mass is 10.0. The molecule has 0 spiro atoms. The number of nitrogens with zero attached hydrogens (tertiary/aromatic N) is 1. The summed E-state index contributed by atoms with van der Waals surface area (Å²) in [5.41, 5.74) is 0.901. The molecule has 1 aromatic rings. The van der Waals surface area contributed by atoms with E-state index in [1.54, 1.807) is 7.11 Å². The van der Waals surface area contributed by atoms with Crippen molar-refractivity contribution in [2.24, 2.45) is 0 Å². The van der Waals surface area contributed by atoms with Crippen LogP contribution >= 0.6 is 0 Å². The molecule has 1 heterocycles. The van der Waals surface area contributed by atoms with E-state index in [2.05, 4.69) is 11.9 Å². The highest BCUT2D eigenvalue weighted by molar-refractivity contribution is 5.29. The standard InChI is InChI=1S/C15H23NO3/c1-16(13-6-8-19-9-7-13)11-15(17)12-4-3-5-14(10-12)18-2/h3-5,10,13,15,17H,6-9,11H2,1-2H3. The molecule has 106 valence electrons. The van der Waals surface area contributed by atoms with Crippen molar-refractivity contribution in [3.05, 3.63) is 29.8 Å². The van der Waals surface area contributed by atoms with Crippen molar-refractivity contribution >= 4 is 0 Å². The summed E-state index contributed by atoms with van der Waals surface area (Å²) in [5.74, 6) is 0.783. The van der Waals surface area contributed by atoms with E-state index in [1.807, 2.05) is 24.3 Å². The van der Waals surface area contributed by atoms with Gasteiger partial charge in [0.2, 0.25) is 0 Å². The number of rotatable bonds is 5. The predicted octanol–water partition coefficient (Wildman–Crippen LogP) is 1.84. The van der Waals surface area contributed by atoms with Crippen molar-refractivity contribution < 1.29 is 14.6 Å². The first-order chi connectivity index (χ1) is 9.20. The quantitative estimate of drug-likeness (QED) is 0.882. The van der Waals surface area contributed by atoms with Crippen LogP contribution < -0.4 is 4.74 Å². The van der Waals surface area contributed by atoms with Crippen LogP contribution in [0.15, 0.2) is 24.3 Å². The van der Waals surface area contributed by atoms with Crippen molar-refractivity contribution in [2.75, 3.05) is 33.9 Å². The fourth-order valence-electron chi connectivity index (χ4n) is 2.50. The predicted molar refractivity (Wildman–Crippen MR) is 74.4 cm³/mol. The monoisotopic (exact) mass is 265 g/mol. The second-order valence-corrected chi connectivity index (χ2v) is 5.08. The smallest absolute Gasteiger partial charge is 0.119 e. The van der Waals surface area contributed by atoms with Crippen LogP contribution in [0.3, 0.4) is 0 Å². The molecular formula is C15H23NO3. The topological polar surface area (TPSA) is 41.9 Å². The number of methoxy groups -OCH3 is 1. The number of benzene rings is 1. The normalized spacial score (nSPS) is 18.5. The molecule has 0 radical (unpaired) electrons. The summed E-state index contributed by atoms with van der Waals surface area (Å²) in [6, 6.07) is 8.13. The molecule has 4 nitrogen and oxygen atoms in total. The molecule has 1 unspecified atom stereocenters. The summed E-state index contributed by atoms with van der Waals surface area (Å²) in [5, 5.41) is 10.3. The summed E-state index contributed by atoms with van der Waals surface area (Å²) in [7, 11) is 3.71. The number of likely N-dealkylation sites (N-methyl/N-ethyl adjacent to an activating group) is 1. The Morgan fingerprint density at radius 2 is 2.16 bits per heavy atom. The number of ether oxygens (including phenoxy) is 2. The van der Waals surface area contributed by atoms with Gasteiger partial charge in [-0.3, -0.25) is 0 Å². The second kappa shape index (κ2) is 6.89. The van der Waals surface area contributed by atoms with Crippen molar-refractivity contribution in [3.8, 4) is 5.75 Å². The highest BCUT2D eigenvalue weighted by atomic mass is 16.5. The highest BCUT2D eigenvalue weighted by Gasteiger charge is 2.21. The Morgan fingerprint density at radius 3 is 2.84 bits per heavy atom. The van der Waals surface area contributed by atoms with Gasteiger partial charge in [-0.2, -0.15) is 0 Å². The van der Waals surface area contributed by atoms with E-state index in [4.69, 9.17) is 9.47 Å². The van der Waals surface area contributed by atoms with Crippen LogP contribution in [0.2, 0.25) is 0 Å². The van der Waals surface area contributed by atoms with E-state index in [1.165, 1.54) is 0 Å². The van der Waals surface area contributed by atoms with Gasteiger partial charge in [-0.25, -0.2) is 0 Å². The molecule has 1 fully saturated rings. The maximum Gasteiger partial charge on any atom is 0.119 e. The van der Waals surface area contributed by atoms with Gasteiger partial charge in [0, 0.05) is 25.8 Å². The third-order valence-corrected chi connectivity index (χ3v) is 3.75. The molecule has 1 atom stereocenters. The van der Waals surface area contributed by atoms with E-state index in [0.29, 0.717) is 12.6 Å². The van der Waals surface area contributed by atoms with Gasteiger partial charge >= 0.3 is 0 Å². The zero-order valence-electron chi connectivity index (χ0n) is 11.7. The molecule has 1 aliphatic rings. The third-order valence-electron chi connectivity index (χ3n) is 3.75. The fourth-order valence-corrected chi connectivity index (χ4v) is 2.50. The molecule has 0 amide bonds. The second-order valence-electron chi connectivity index (χ2n) is 5.08. The molecule has 0 saturated carbocycles. The van der Waals surface area contributed by atoms with Crippen LogP contribution in [-0.4, -0.2) is 50.0 Å². The van der Waals surface area contributed by atoms with E-state index >= 15 is 0 Å². The van der Waals surface area contributed by atoms with Gasteiger partial charge in [-0.15, -0.1) is 0 Å². The molecule has 1 aliphatic heterocycles. The summed E-state index contributed by atoms with van der Waals surface area (Å²) >= 11 is 0. The third kappa shape index (κ3) is 3.93. The van der Waals surface area contributed by atoms with Gasteiger partial charge in [0.05, 0.1) is 13.2 Å². The van der Waals surface area contributed by atoms with E-state index < -0.39 is 6.10 Å². The minimum atomic E-state index is -0.483. The van der Waals surface area contributed by atoms with Gasteiger partial charge in [-0.1, -0.05) is 12.1 Å². The lowest BCUT2D eigenvalue weighted by Gasteiger charge is -2.32. The maximum atomic E-state index is 10.3. The minimum absolute atomic E-state index is 0.483. The Morgan fingerprint density at radius 1 is 1.42 bits per heavy atom. The van der Waals surface area contributed by atoms with Gasteiger partial charge in [0.15, 0.2) is 0 Å². The average molecular weight is 265 g/mol. The van der Waals surface area contributed by atoms with Crippen LogP contribution in [0, 0.1) is 0 Å². The molecule has 2 rings (SSSR count). The number of hydrogen-bond donors (Lipinski definition) is 1.